The number of rotatable bonds is 3. The van der Waals surface area contributed by atoms with Gasteiger partial charge in [0.25, 0.3) is 0 Å². The van der Waals surface area contributed by atoms with E-state index >= 15 is 0 Å². The summed E-state index contributed by atoms with van der Waals surface area (Å²) in [6.07, 6.45) is -4.42. The molecule has 3 aliphatic rings. The molecule has 4 rings (SSSR count). The van der Waals surface area contributed by atoms with Crippen molar-refractivity contribution in [3.63, 3.8) is 0 Å². The lowest BCUT2D eigenvalue weighted by molar-refractivity contribution is -0.141. The molecule has 0 bridgehead atoms. The molecule has 1 atom stereocenters. The largest absolute Gasteiger partial charge is 0.434 e. The molecule has 7 nitrogen and oxygen atoms in total. The van der Waals surface area contributed by atoms with Gasteiger partial charge in [-0.25, -0.2) is 32.5 Å². The second-order valence-electron chi connectivity index (χ2n) is 9.02. The van der Waals surface area contributed by atoms with Crippen LogP contribution in [0, 0.1) is 5.92 Å². The molecule has 2 fully saturated rings. The molecule has 0 spiro atoms. The van der Waals surface area contributed by atoms with E-state index in [0.29, 0.717) is 6.20 Å². The zero-order valence-electron chi connectivity index (χ0n) is 18.0. The highest BCUT2D eigenvalue weighted by molar-refractivity contribution is 6.09. The van der Waals surface area contributed by atoms with Gasteiger partial charge in [-0.05, 0) is 25.7 Å². The lowest BCUT2D eigenvalue weighted by Crippen LogP contribution is -2.67. The summed E-state index contributed by atoms with van der Waals surface area (Å²) in [5.41, 5.74) is 4.94. The van der Waals surface area contributed by atoms with E-state index in [1.54, 1.807) is 0 Å². The third-order valence-electron chi connectivity index (χ3n) is 6.36. The third kappa shape index (κ3) is 5.58. The summed E-state index contributed by atoms with van der Waals surface area (Å²) in [5.74, 6) is -8.00. The number of alkyl halides is 7. The topological polar surface area (TPSA) is 101 Å². The number of hydrogen-bond acceptors (Lipinski definition) is 5. The van der Waals surface area contributed by atoms with Gasteiger partial charge < -0.3 is 10.6 Å². The maximum atomic E-state index is 13.7. The average molecular weight is 495 g/mol. The molecule has 2 heterocycles. The molecule has 0 radical (unpaired) electrons. The molecular weight excluding hydrogens is 471 g/mol. The highest BCUT2D eigenvalue weighted by atomic mass is 19.4. The number of nitrogens with two attached hydrogens (primary N) is 1. The summed E-state index contributed by atoms with van der Waals surface area (Å²) in [7, 11) is 0. The molecular formula is C20H24F7N7. The lowest BCUT2D eigenvalue weighted by atomic mass is 9.82. The SMILES string of the molecule is NC1(C2CCC(F)(F)CC2)N=C(c2cncc(C(F)(F)F)n2)NC(=NC2CCC(F)(F)CC2)N1. The summed E-state index contributed by atoms with van der Waals surface area (Å²) in [5, 5.41) is 5.60. The predicted molar refractivity (Wildman–Crippen MR) is 108 cm³/mol. The first-order valence-corrected chi connectivity index (χ1v) is 10.9. The van der Waals surface area contributed by atoms with E-state index in [1.165, 1.54) is 0 Å². The number of aliphatic imine (C=N–C) groups is 2. The van der Waals surface area contributed by atoms with Crippen molar-refractivity contribution in [2.75, 3.05) is 0 Å². The van der Waals surface area contributed by atoms with Crippen LogP contribution in [0.1, 0.15) is 62.8 Å². The Bertz CT molecular complexity index is 958. The van der Waals surface area contributed by atoms with Crippen LogP contribution in [0.3, 0.4) is 0 Å². The maximum absolute atomic E-state index is 13.7. The van der Waals surface area contributed by atoms with Crippen molar-refractivity contribution in [1.29, 1.82) is 0 Å². The van der Waals surface area contributed by atoms with Gasteiger partial charge >= 0.3 is 6.18 Å². The second-order valence-corrected chi connectivity index (χ2v) is 9.02. The Labute approximate surface area is 190 Å². The molecule has 1 aromatic heterocycles. The fourth-order valence-corrected chi connectivity index (χ4v) is 4.39. The Kier molecular flexibility index (Phi) is 6.23. The fourth-order valence-electron chi connectivity index (χ4n) is 4.39. The molecule has 1 unspecified atom stereocenters. The van der Waals surface area contributed by atoms with Crippen LogP contribution in [0.25, 0.3) is 0 Å². The lowest BCUT2D eigenvalue weighted by Gasteiger charge is -2.42. The monoisotopic (exact) mass is 495 g/mol. The molecule has 14 heteroatoms. The van der Waals surface area contributed by atoms with Gasteiger partial charge in [-0.3, -0.25) is 10.7 Å². The van der Waals surface area contributed by atoms with Gasteiger partial charge in [0.1, 0.15) is 5.69 Å². The second kappa shape index (κ2) is 8.61. The van der Waals surface area contributed by atoms with E-state index in [2.05, 4.69) is 30.6 Å². The van der Waals surface area contributed by atoms with Crippen LogP contribution in [0.2, 0.25) is 0 Å². The van der Waals surface area contributed by atoms with Crippen LogP contribution in [0.5, 0.6) is 0 Å². The smallest absolute Gasteiger partial charge is 0.319 e. The van der Waals surface area contributed by atoms with Crippen LogP contribution in [0.4, 0.5) is 30.7 Å². The molecule has 2 aliphatic carbocycles. The first-order chi connectivity index (χ1) is 15.7. The van der Waals surface area contributed by atoms with Crippen molar-refractivity contribution in [2.24, 2.45) is 21.6 Å². The average Bonchev–Trinajstić information content (AvgIpc) is 2.74. The summed E-state index contributed by atoms with van der Waals surface area (Å²) in [6.45, 7) is 0. The molecule has 0 aromatic carbocycles. The van der Waals surface area contributed by atoms with Gasteiger partial charge in [-0.2, -0.15) is 13.2 Å². The van der Waals surface area contributed by atoms with Crippen molar-refractivity contribution in [3.05, 3.63) is 23.8 Å². The zero-order chi connectivity index (χ0) is 24.8. The number of aromatic nitrogens is 2. The molecule has 1 aliphatic heterocycles. The van der Waals surface area contributed by atoms with Crippen LogP contribution in [-0.4, -0.2) is 45.4 Å². The minimum atomic E-state index is -4.75. The molecule has 2 saturated carbocycles. The Balaban J connectivity index is 1.66. The predicted octanol–water partition coefficient (Wildman–Crippen LogP) is 3.81. The van der Waals surface area contributed by atoms with E-state index < -0.39 is 54.3 Å². The number of nitrogens with zero attached hydrogens (tertiary/aromatic N) is 4. The van der Waals surface area contributed by atoms with Crippen molar-refractivity contribution < 1.29 is 30.7 Å². The molecule has 1 aromatic rings. The highest BCUT2D eigenvalue weighted by Gasteiger charge is 2.46. The van der Waals surface area contributed by atoms with E-state index in [-0.39, 0.29) is 56.0 Å². The maximum Gasteiger partial charge on any atom is 0.434 e. The van der Waals surface area contributed by atoms with Gasteiger partial charge in [-0.15, -0.1) is 0 Å². The van der Waals surface area contributed by atoms with Crippen molar-refractivity contribution in [1.82, 2.24) is 20.6 Å². The zero-order valence-corrected chi connectivity index (χ0v) is 18.0. The van der Waals surface area contributed by atoms with Crippen LogP contribution >= 0.6 is 0 Å². The number of halogens is 7. The quantitative estimate of drug-likeness (QED) is 0.554. The first kappa shape index (κ1) is 24.6. The number of hydrogen-bond donors (Lipinski definition) is 3. The Hall–Kier alpha value is -2.51. The van der Waals surface area contributed by atoms with Crippen LogP contribution in [-0.2, 0) is 6.18 Å². The van der Waals surface area contributed by atoms with E-state index in [9.17, 15) is 30.7 Å². The van der Waals surface area contributed by atoms with Crippen molar-refractivity contribution >= 4 is 11.8 Å². The Morgan fingerprint density at radius 1 is 0.941 bits per heavy atom. The summed E-state index contributed by atoms with van der Waals surface area (Å²) < 4.78 is 93.9. The van der Waals surface area contributed by atoms with Crippen molar-refractivity contribution in [2.45, 2.75) is 81.2 Å². The molecule has 0 saturated heterocycles. The first-order valence-electron chi connectivity index (χ1n) is 10.9. The Morgan fingerprint density at radius 2 is 1.53 bits per heavy atom. The molecule has 4 N–H and O–H groups in total. The normalized spacial score (nSPS) is 29.3. The van der Waals surface area contributed by atoms with Crippen LogP contribution < -0.4 is 16.4 Å². The molecule has 188 valence electrons. The van der Waals surface area contributed by atoms with Gasteiger partial charge in [0.15, 0.2) is 23.3 Å². The molecule has 0 amide bonds. The molecule has 34 heavy (non-hydrogen) atoms. The number of nitrogens with one attached hydrogen (secondary N) is 2. The summed E-state index contributed by atoms with van der Waals surface area (Å²) >= 11 is 0. The van der Waals surface area contributed by atoms with Gasteiger partial charge in [-0.1, -0.05) is 0 Å². The number of guanidine groups is 1. The minimum Gasteiger partial charge on any atom is -0.319 e. The third-order valence-corrected chi connectivity index (χ3v) is 6.36. The van der Waals surface area contributed by atoms with E-state index in [1.807, 2.05) is 0 Å². The summed E-state index contributed by atoms with van der Waals surface area (Å²) in [6, 6.07) is -0.485. The van der Waals surface area contributed by atoms with Gasteiger partial charge in [0.2, 0.25) is 11.8 Å². The fraction of sp³-hybridized carbons (Fsp3) is 0.700. The highest BCUT2D eigenvalue weighted by Crippen LogP contribution is 2.40. The Morgan fingerprint density at radius 3 is 2.12 bits per heavy atom. The van der Waals surface area contributed by atoms with Crippen molar-refractivity contribution in [3.8, 4) is 0 Å². The van der Waals surface area contributed by atoms with E-state index in [0.717, 1.165) is 6.20 Å². The standard InChI is InChI=1S/C20H24F7N7/c21-17(22)5-1-11(2-6-17)20(28)33-15(13-9-29-10-14(31-13)19(25,26)27)32-16(34-20)30-12-3-7-18(23,24)8-4-12/h9-12H,1-8,28H2,(H2,30,32,33,34). The van der Waals surface area contributed by atoms with E-state index in [4.69, 9.17) is 5.73 Å². The minimum absolute atomic E-state index is 0.0132. The number of amidine groups is 1. The van der Waals surface area contributed by atoms with Crippen LogP contribution in [0.15, 0.2) is 22.4 Å². The summed E-state index contributed by atoms with van der Waals surface area (Å²) in [4.78, 5) is 15.8. The van der Waals surface area contributed by atoms with Gasteiger partial charge in [0.05, 0.1) is 18.4 Å². The van der Waals surface area contributed by atoms with Gasteiger partial charge in [0, 0.05) is 31.6 Å².